The van der Waals surface area contributed by atoms with Crippen molar-refractivity contribution in [1.82, 2.24) is 5.32 Å². The zero-order chi connectivity index (χ0) is 20.7. The largest absolute Gasteiger partial charge is 0.493 e. The van der Waals surface area contributed by atoms with Crippen LogP contribution in [-0.4, -0.2) is 26.2 Å². The molecule has 0 unspecified atom stereocenters. The average Bonchev–Trinajstić information content (AvgIpc) is 2.64. The van der Waals surface area contributed by atoms with Gasteiger partial charge >= 0.3 is 6.61 Å². The smallest absolute Gasteiger partial charge is 0.387 e. The molecule has 0 aliphatic rings. The Bertz CT molecular complexity index is 818. The van der Waals surface area contributed by atoms with E-state index in [-0.39, 0.29) is 36.5 Å². The number of benzene rings is 2. The van der Waals surface area contributed by atoms with Crippen molar-refractivity contribution in [3.05, 3.63) is 59.2 Å². The maximum absolute atomic E-state index is 13.7. The summed E-state index contributed by atoms with van der Waals surface area (Å²) < 4.78 is 60.7. The summed E-state index contributed by atoms with van der Waals surface area (Å²) in [6, 6.07) is 7.28. The van der Waals surface area contributed by atoms with Crippen molar-refractivity contribution in [1.29, 1.82) is 0 Å². The van der Waals surface area contributed by atoms with Gasteiger partial charge in [0.1, 0.15) is 17.7 Å². The van der Waals surface area contributed by atoms with E-state index in [2.05, 4.69) is 10.1 Å². The molecule has 0 radical (unpaired) electrons. The Labute approximate surface area is 159 Å². The first kappa shape index (κ1) is 21.5. The molecule has 1 atom stereocenters. The molecular weight excluding hydrogens is 380 g/mol. The molecule has 152 valence electrons. The highest BCUT2D eigenvalue weighted by molar-refractivity contribution is 5.76. The van der Waals surface area contributed by atoms with Crippen molar-refractivity contribution in [2.24, 2.45) is 0 Å². The number of alkyl halides is 2. The van der Waals surface area contributed by atoms with Crippen LogP contribution in [0.4, 0.5) is 17.6 Å². The molecule has 0 saturated heterocycles. The Kier molecular flexibility index (Phi) is 7.62. The molecule has 3 N–H and O–H groups in total. The highest BCUT2D eigenvalue weighted by Gasteiger charge is 2.16. The highest BCUT2D eigenvalue weighted by Crippen LogP contribution is 2.29. The van der Waals surface area contributed by atoms with Gasteiger partial charge in [-0.3, -0.25) is 4.79 Å². The molecule has 0 fully saturated rings. The second-order valence-electron chi connectivity index (χ2n) is 6.03. The summed E-state index contributed by atoms with van der Waals surface area (Å²) in [4.78, 5) is 12.0. The number of hydrogen-bond donors (Lipinski definition) is 2. The number of rotatable bonds is 9. The fraction of sp³-hybridized carbons (Fsp3) is 0.316. The molecule has 9 heteroatoms. The number of halogens is 4. The summed E-state index contributed by atoms with van der Waals surface area (Å²) in [5, 5.41) is 4.29. The zero-order valence-electron chi connectivity index (χ0n) is 15.3. The molecule has 0 spiro atoms. The van der Waals surface area contributed by atoms with Crippen molar-refractivity contribution in [2.45, 2.75) is 26.1 Å². The summed E-state index contributed by atoms with van der Waals surface area (Å²) in [6.07, 6.45) is 0. The number of nitrogens with one attached hydrogen (secondary N) is 1. The second kappa shape index (κ2) is 9.93. The normalized spacial score (nSPS) is 12.0. The molecule has 0 bridgehead atoms. The molecule has 0 aliphatic carbocycles. The summed E-state index contributed by atoms with van der Waals surface area (Å²) in [5.41, 5.74) is 0.929. The van der Waals surface area contributed by atoms with Gasteiger partial charge in [-0.05, 0) is 36.8 Å². The van der Waals surface area contributed by atoms with E-state index in [0.717, 1.165) is 12.1 Å². The molecule has 1 amide bonds. The quantitative estimate of drug-likeness (QED) is 0.635. The van der Waals surface area contributed by atoms with Gasteiger partial charge in [0, 0.05) is 18.2 Å². The topological polar surface area (TPSA) is 64.2 Å². The lowest BCUT2D eigenvalue weighted by Gasteiger charge is -2.13. The van der Waals surface area contributed by atoms with Crippen molar-refractivity contribution < 1.29 is 37.1 Å². The van der Waals surface area contributed by atoms with E-state index in [1.54, 1.807) is 12.2 Å². The van der Waals surface area contributed by atoms with E-state index in [9.17, 15) is 22.4 Å². The van der Waals surface area contributed by atoms with Crippen molar-refractivity contribution in [2.75, 3.05) is 13.7 Å². The lowest BCUT2D eigenvalue weighted by atomic mass is 10.1. The monoisotopic (exact) mass is 401 g/mol. The van der Waals surface area contributed by atoms with Crippen LogP contribution in [-0.2, 0) is 11.3 Å². The van der Waals surface area contributed by atoms with Gasteiger partial charge in [0.05, 0.1) is 7.11 Å². The Morgan fingerprint density at radius 3 is 2.54 bits per heavy atom. The van der Waals surface area contributed by atoms with Gasteiger partial charge in [0.15, 0.2) is 18.0 Å². The maximum atomic E-state index is 13.7. The molecular formula is C19H21F4N2O3+. The van der Waals surface area contributed by atoms with Crippen molar-refractivity contribution in [3.8, 4) is 11.5 Å². The first-order valence-corrected chi connectivity index (χ1v) is 8.47. The van der Waals surface area contributed by atoms with Gasteiger partial charge in [-0.2, -0.15) is 8.78 Å². The van der Waals surface area contributed by atoms with Gasteiger partial charge in [0.2, 0.25) is 0 Å². The van der Waals surface area contributed by atoms with Crippen LogP contribution >= 0.6 is 0 Å². The van der Waals surface area contributed by atoms with Crippen LogP contribution in [0.1, 0.15) is 24.1 Å². The number of methoxy groups -OCH3 is 1. The van der Waals surface area contributed by atoms with Crippen molar-refractivity contribution in [3.63, 3.8) is 0 Å². The van der Waals surface area contributed by atoms with Crippen LogP contribution in [0.15, 0.2) is 36.4 Å². The van der Waals surface area contributed by atoms with Crippen LogP contribution in [0.2, 0.25) is 0 Å². The fourth-order valence-electron chi connectivity index (χ4n) is 2.57. The number of hydrogen-bond acceptors (Lipinski definition) is 3. The molecule has 28 heavy (non-hydrogen) atoms. The summed E-state index contributed by atoms with van der Waals surface area (Å²) in [6.45, 7) is -1.09. The van der Waals surface area contributed by atoms with E-state index in [0.29, 0.717) is 11.1 Å². The maximum Gasteiger partial charge on any atom is 0.387 e. The first-order valence-electron chi connectivity index (χ1n) is 8.47. The number of ether oxygens (including phenoxy) is 2. The van der Waals surface area contributed by atoms with Gasteiger partial charge < -0.3 is 20.1 Å². The lowest BCUT2D eigenvalue weighted by Crippen LogP contribution is -2.87. The van der Waals surface area contributed by atoms with Gasteiger partial charge in [-0.1, -0.05) is 6.07 Å². The molecule has 2 aromatic carbocycles. The first-order chi connectivity index (χ1) is 13.3. The molecule has 5 nitrogen and oxygen atoms in total. The number of quaternary nitrogens is 1. The molecule has 0 saturated carbocycles. The Balaban J connectivity index is 1.86. The van der Waals surface area contributed by atoms with Crippen LogP contribution in [0.25, 0.3) is 0 Å². The average molecular weight is 401 g/mol. The van der Waals surface area contributed by atoms with Gasteiger partial charge in [-0.15, -0.1) is 0 Å². The van der Waals surface area contributed by atoms with E-state index >= 15 is 0 Å². The highest BCUT2D eigenvalue weighted by atomic mass is 19.3. The number of amides is 1. The minimum absolute atomic E-state index is 0.0295. The van der Waals surface area contributed by atoms with Crippen LogP contribution in [0.3, 0.4) is 0 Å². The zero-order valence-corrected chi connectivity index (χ0v) is 15.3. The van der Waals surface area contributed by atoms with E-state index in [4.69, 9.17) is 4.74 Å². The van der Waals surface area contributed by atoms with Gasteiger partial charge in [-0.25, -0.2) is 8.78 Å². The second-order valence-corrected chi connectivity index (χ2v) is 6.03. The molecule has 0 aliphatic heterocycles. The third-order valence-electron chi connectivity index (χ3n) is 4.04. The number of carbonyl (C=O) groups excluding carboxylic acids is 1. The minimum atomic E-state index is -2.97. The molecule has 2 rings (SSSR count). The van der Waals surface area contributed by atoms with E-state index in [1.807, 2.05) is 0 Å². The van der Waals surface area contributed by atoms with E-state index in [1.165, 1.54) is 31.4 Å². The lowest BCUT2D eigenvalue weighted by molar-refractivity contribution is -0.682. The summed E-state index contributed by atoms with van der Waals surface area (Å²) in [7, 11) is 1.32. The fourth-order valence-corrected chi connectivity index (χ4v) is 2.57. The molecule has 2 aromatic rings. The van der Waals surface area contributed by atoms with Crippen LogP contribution in [0.5, 0.6) is 11.5 Å². The SMILES string of the molecule is COc1cc(CNC(=O)C[NH2+][C@H](C)c2ccc(F)cc2F)ccc1OC(F)F. The van der Waals surface area contributed by atoms with Crippen LogP contribution < -0.4 is 20.1 Å². The van der Waals surface area contributed by atoms with E-state index < -0.39 is 18.2 Å². The predicted molar refractivity (Wildman–Crippen MR) is 93.0 cm³/mol. The molecule has 0 heterocycles. The Morgan fingerprint density at radius 1 is 1.14 bits per heavy atom. The van der Waals surface area contributed by atoms with Gasteiger partial charge in [0.25, 0.3) is 5.91 Å². The Hall–Kier alpha value is -2.81. The van der Waals surface area contributed by atoms with Crippen LogP contribution in [0, 0.1) is 11.6 Å². The van der Waals surface area contributed by atoms with Crippen molar-refractivity contribution >= 4 is 5.91 Å². The third kappa shape index (κ3) is 6.12. The minimum Gasteiger partial charge on any atom is -0.493 e. The summed E-state index contributed by atoms with van der Waals surface area (Å²) in [5.74, 6) is -1.61. The number of carbonyl (C=O) groups is 1. The third-order valence-corrected chi connectivity index (χ3v) is 4.04. The molecule has 0 aromatic heterocycles. The number of nitrogens with two attached hydrogens (primary N) is 1. The Morgan fingerprint density at radius 2 is 1.89 bits per heavy atom. The predicted octanol–water partition coefficient (Wildman–Crippen LogP) is 2.52. The summed E-state index contributed by atoms with van der Waals surface area (Å²) >= 11 is 0. The standard InChI is InChI=1S/C19H20F4N2O3/c1-11(14-5-4-13(20)8-15(14)21)24-10-18(26)25-9-12-3-6-16(28-19(22)23)17(7-12)27-2/h3-8,11,19,24H,9-10H2,1-2H3,(H,25,26)/p+1/t11-/m1/s1.